The lowest BCUT2D eigenvalue weighted by Gasteiger charge is -2.30. The van der Waals surface area contributed by atoms with Crippen molar-refractivity contribution in [3.63, 3.8) is 0 Å². The standard InChI is InChI=1S/C24H30N2O2/c1-3-17(2)23(26-22(27)16-18-10-5-4-6-11-18)24(28)25-21-15-9-13-19-12-7-8-14-20(19)21/h4-8,10-12,14,17,21,23H,3,9,13,15-16H2,1-2H3,(H,25,28)(H,26,27). The largest absolute Gasteiger partial charge is 0.347 e. The van der Waals surface area contributed by atoms with E-state index < -0.39 is 6.04 Å². The van der Waals surface area contributed by atoms with E-state index in [0.717, 1.165) is 31.2 Å². The second-order valence-electron chi connectivity index (χ2n) is 7.75. The van der Waals surface area contributed by atoms with Gasteiger partial charge in [-0.1, -0.05) is 74.9 Å². The molecule has 3 rings (SSSR count). The Kier molecular flexibility index (Phi) is 6.85. The monoisotopic (exact) mass is 378 g/mol. The molecule has 3 unspecified atom stereocenters. The maximum Gasteiger partial charge on any atom is 0.243 e. The minimum absolute atomic E-state index is 0.0232. The first kappa shape index (κ1) is 20.1. The summed E-state index contributed by atoms with van der Waals surface area (Å²) in [5.41, 5.74) is 3.47. The van der Waals surface area contributed by atoms with Gasteiger partial charge in [-0.3, -0.25) is 9.59 Å². The van der Waals surface area contributed by atoms with Crippen LogP contribution in [0.25, 0.3) is 0 Å². The van der Waals surface area contributed by atoms with Gasteiger partial charge in [0.2, 0.25) is 11.8 Å². The first-order valence-electron chi connectivity index (χ1n) is 10.3. The van der Waals surface area contributed by atoms with E-state index >= 15 is 0 Å². The number of carbonyl (C=O) groups is 2. The van der Waals surface area contributed by atoms with Crippen molar-refractivity contribution in [1.82, 2.24) is 10.6 Å². The van der Waals surface area contributed by atoms with Gasteiger partial charge in [-0.05, 0) is 41.9 Å². The number of fused-ring (bicyclic) bond motifs is 1. The molecule has 0 saturated carbocycles. The Bertz CT molecular complexity index is 803. The Morgan fingerprint density at radius 3 is 2.54 bits per heavy atom. The predicted molar refractivity (Wildman–Crippen MR) is 112 cm³/mol. The number of hydrogen-bond acceptors (Lipinski definition) is 2. The van der Waals surface area contributed by atoms with Crippen molar-refractivity contribution < 1.29 is 9.59 Å². The van der Waals surface area contributed by atoms with Crippen LogP contribution in [0, 0.1) is 5.92 Å². The molecule has 4 nitrogen and oxygen atoms in total. The number of benzene rings is 2. The number of rotatable bonds is 7. The van der Waals surface area contributed by atoms with Crippen LogP contribution in [-0.4, -0.2) is 17.9 Å². The summed E-state index contributed by atoms with van der Waals surface area (Å²) in [6, 6.07) is 17.4. The van der Waals surface area contributed by atoms with Crippen LogP contribution in [0.3, 0.4) is 0 Å². The second-order valence-corrected chi connectivity index (χ2v) is 7.75. The molecule has 0 saturated heterocycles. The van der Waals surface area contributed by atoms with Crippen molar-refractivity contribution in [2.24, 2.45) is 5.92 Å². The minimum Gasteiger partial charge on any atom is -0.347 e. The summed E-state index contributed by atoms with van der Waals surface area (Å²) in [6.07, 6.45) is 4.17. The van der Waals surface area contributed by atoms with E-state index in [0.29, 0.717) is 0 Å². The van der Waals surface area contributed by atoms with Gasteiger partial charge in [-0.25, -0.2) is 0 Å². The van der Waals surface area contributed by atoms with E-state index in [1.54, 1.807) is 0 Å². The predicted octanol–water partition coefficient (Wildman–Crippen LogP) is 3.95. The third-order valence-corrected chi connectivity index (χ3v) is 5.71. The zero-order valence-corrected chi connectivity index (χ0v) is 16.8. The van der Waals surface area contributed by atoms with E-state index in [-0.39, 0.29) is 30.2 Å². The summed E-state index contributed by atoms with van der Waals surface area (Å²) < 4.78 is 0. The van der Waals surface area contributed by atoms with Crippen LogP contribution in [0.2, 0.25) is 0 Å². The van der Waals surface area contributed by atoms with Crippen LogP contribution < -0.4 is 10.6 Å². The van der Waals surface area contributed by atoms with Gasteiger partial charge in [0.25, 0.3) is 0 Å². The summed E-state index contributed by atoms with van der Waals surface area (Å²) in [5.74, 6) is -0.133. The van der Waals surface area contributed by atoms with E-state index in [2.05, 4.69) is 28.8 Å². The average Bonchev–Trinajstić information content (AvgIpc) is 2.72. The summed E-state index contributed by atoms with van der Waals surface area (Å²) in [7, 11) is 0. The van der Waals surface area contributed by atoms with E-state index in [9.17, 15) is 9.59 Å². The van der Waals surface area contributed by atoms with Crippen molar-refractivity contribution in [2.45, 2.75) is 58.0 Å². The molecular formula is C24H30N2O2. The smallest absolute Gasteiger partial charge is 0.243 e. The van der Waals surface area contributed by atoms with E-state index in [1.807, 2.05) is 50.2 Å². The number of nitrogens with one attached hydrogen (secondary N) is 2. The van der Waals surface area contributed by atoms with Gasteiger partial charge in [0.15, 0.2) is 0 Å². The molecule has 0 spiro atoms. The molecule has 2 aromatic rings. The first-order chi connectivity index (χ1) is 13.6. The van der Waals surface area contributed by atoms with Gasteiger partial charge in [0, 0.05) is 0 Å². The molecule has 28 heavy (non-hydrogen) atoms. The van der Waals surface area contributed by atoms with Crippen LogP contribution in [0.5, 0.6) is 0 Å². The normalized spacial score (nSPS) is 17.9. The lowest BCUT2D eigenvalue weighted by atomic mass is 9.87. The molecule has 4 heteroatoms. The molecule has 2 amide bonds. The number of hydrogen-bond donors (Lipinski definition) is 2. The van der Waals surface area contributed by atoms with Gasteiger partial charge in [0.1, 0.15) is 6.04 Å². The lowest BCUT2D eigenvalue weighted by Crippen LogP contribution is -2.51. The highest BCUT2D eigenvalue weighted by Gasteiger charge is 2.29. The molecule has 0 aliphatic heterocycles. The molecule has 3 atom stereocenters. The number of aryl methyl sites for hydroxylation is 1. The lowest BCUT2D eigenvalue weighted by molar-refractivity contribution is -0.130. The van der Waals surface area contributed by atoms with Crippen LogP contribution >= 0.6 is 0 Å². The molecule has 0 radical (unpaired) electrons. The molecule has 2 N–H and O–H groups in total. The molecule has 2 aromatic carbocycles. The first-order valence-corrected chi connectivity index (χ1v) is 10.3. The minimum atomic E-state index is -0.518. The van der Waals surface area contributed by atoms with Crippen LogP contribution in [-0.2, 0) is 22.4 Å². The second kappa shape index (κ2) is 9.54. The molecule has 1 aliphatic rings. The number of carbonyl (C=O) groups excluding carboxylic acids is 2. The molecular weight excluding hydrogens is 348 g/mol. The summed E-state index contributed by atoms with van der Waals surface area (Å²) in [4.78, 5) is 25.6. The SMILES string of the molecule is CCC(C)C(NC(=O)Cc1ccccc1)C(=O)NC1CCCc2ccccc21. The Morgan fingerprint density at radius 2 is 1.79 bits per heavy atom. The highest BCUT2D eigenvalue weighted by atomic mass is 16.2. The zero-order chi connectivity index (χ0) is 19.9. The fraction of sp³-hybridized carbons (Fsp3) is 0.417. The maximum absolute atomic E-state index is 13.1. The van der Waals surface area contributed by atoms with E-state index in [1.165, 1.54) is 11.1 Å². The van der Waals surface area contributed by atoms with Crippen molar-refractivity contribution in [3.8, 4) is 0 Å². The topological polar surface area (TPSA) is 58.2 Å². The Balaban J connectivity index is 1.68. The number of amides is 2. The van der Waals surface area contributed by atoms with Gasteiger partial charge in [-0.2, -0.15) is 0 Å². The Morgan fingerprint density at radius 1 is 1.07 bits per heavy atom. The van der Waals surface area contributed by atoms with Crippen LogP contribution in [0.4, 0.5) is 0 Å². The quantitative estimate of drug-likeness (QED) is 0.766. The third kappa shape index (κ3) is 5.00. The highest BCUT2D eigenvalue weighted by molar-refractivity contribution is 5.88. The van der Waals surface area contributed by atoms with Crippen molar-refractivity contribution in [1.29, 1.82) is 0 Å². The molecule has 0 fully saturated rings. The van der Waals surface area contributed by atoms with Gasteiger partial charge >= 0.3 is 0 Å². The molecule has 0 bridgehead atoms. The van der Waals surface area contributed by atoms with E-state index in [4.69, 9.17) is 0 Å². The third-order valence-electron chi connectivity index (χ3n) is 5.71. The zero-order valence-electron chi connectivity index (χ0n) is 16.8. The summed E-state index contributed by atoms with van der Waals surface area (Å²) in [5, 5.41) is 6.18. The van der Waals surface area contributed by atoms with Crippen LogP contribution in [0.15, 0.2) is 54.6 Å². The molecule has 0 aromatic heterocycles. The molecule has 148 valence electrons. The summed E-state index contributed by atoms with van der Waals surface area (Å²) in [6.45, 7) is 4.06. The average molecular weight is 379 g/mol. The van der Waals surface area contributed by atoms with Crippen molar-refractivity contribution >= 4 is 11.8 Å². The van der Waals surface area contributed by atoms with Gasteiger partial charge < -0.3 is 10.6 Å². The Hall–Kier alpha value is -2.62. The fourth-order valence-electron chi connectivity index (χ4n) is 3.87. The van der Waals surface area contributed by atoms with Crippen molar-refractivity contribution in [3.05, 3.63) is 71.3 Å². The fourth-order valence-corrected chi connectivity index (χ4v) is 3.87. The van der Waals surface area contributed by atoms with Crippen LogP contribution in [0.1, 0.15) is 55.8 Å². The van der Waals surface area contributed by atoms with Crippen molar-refractivity contribution in [2.75, 3.05) is 0 Å². The van der Waals surface area contributed by atoms with Gasteiger partial charge in [-0.15, -0.1) is 0 Å². The summed E-state index contributed by atoms with van der Waals surface area (Å²) >= 11 is 0. The molecule has 1 aliphatic carbocycles. The Labute approximate surface area is 167 Å². The molecule has 0 heterocycles. The highest BCUT2D eigenvalue weighted by Crippen LogP contribution is 2.29. The maximum atomic E-state index is 13.1. The van der Waals surface area contributed by atoms with Gasteiger partial charge in [0.05, 0.1) is 12.5 Å².